The van der Waals surface area contributed by atoms with Crippen molar-refractivity contribution in [2.45, 2.75) is 26.8 Å². The van der Waals surface area contributed by atoms with E-state index in [1.165, 1.54) is 0 Å². The van der Waals surface area contributed by atoms with Gasteiger partial charge in [0.2, 0.25) is 0 Å². The van der Waals surface area contributed by atoms with Crippen molar-refractivity contribution in [2.75, 3.05) is 6.61 Å². The fourth-order valence-corrected chi connectivity index (χ4v) is 1.21. The molecule has 1 atom stereocenters. The molecule has 3 heteroatoms. The van der Waals surface area contributed by atoms with Gasteiger partial charge in [-0.3, -0.25) is 0 Å². The molecule has 1 unspecified atom stereocenters. The fraction of sp³-hybridized carbons (Fsp3) is 0.667. The number of aliphatic hydroxyl groups is 1. The molecule has 1 aromatic rings. The molecule has 0 spiro atoms. The first-order valence-electron chi connectivity index (χ1n) is 4.38. The number of aliphatic hydroxyl groups excluding tert-OH is 1. The van der Waals surface area contributed by atoms with E-state index < -0.39 is 0 Å². The molecule has 3 nitrogen and oxygen atoms in total. The molecular formula is C9H16N2O. The second kappa shape index (κ2) is 4.26. The predicted octanol–water partition coefficient (Wildman–Crippen LogP) is 1.07. The zero-order valence-electron chi connectivity index (χ0n) is 7.70. The van der Waals surface area contributed by atoms with E-state index in [1.54, 1.807) is 0 Å². The maximum atomic E-state index is 8.86. The Balaban J connectivity index is 2.61. The first-order chi connectivity index (χ1) is 5.77. The Bertz CT molecular complexity index is 232. The molecule has 0 fully saturated rings. The van der Waals surface area contributed by atoms with Gasteiger partial charge in [0.05, 0.1) is 0 Å². The summed E-state index contributed by atoms with van der Waals surface area (Å²) >= 11 is 0. The van der Waals surface area contributed by atoms with Crippen LogP contribution in [0.25, 0.3) is 0 Å². The number of rotatable bonds is 4. The van der Waals surface area contributed by atoms with E-state index in [-0.39, 0.29) is 6.61 Å². The third-order valence-electron chi connectivity index (χ3n) is 1.94. The summed E-state index contributed by atoms with van der Waals surface area (Å²) in [5.74, 6) is 1.40. The Kier molecular flexibility index (Phi) is 3.29. The zero-order chi connectivity index (χ0) is 8.97. The third kappa shape index (κ3) is 2.08. The second-order valence-electron chi connectivity index (χ2n) is 3.14. The molecule has 1 heterocycles. The van der Waals surface area contributed by atoms with Gasteiger partial charge in [0.15, 0.2) is 0 Å². The van der Waals surface area contributed by atoms with Crippen LogP contribution in [-0.2, 0) is 13.0 Å². The second-order valence-corrected chi connectivity index (χ2v) is 3.14. The van der Waals surface area contributed by atoms with Crippen LogP contribution in [-0.4, -0.2) is 21.3 Å². The largest absolute Gasteiger partial charge is 0.396 e. The number of hydrogen-bond donors (Lipinski definition) is 1. The van der Waals surface area contributed by atoms with Crippen molar-refractivity contribution >= 4 is 0 Å². The monoisotopic (exact) mass is 168 g/mol. The first kappa shape index (κ1) is 9.26. The van der Waals surface area contributed by atoms with Gasteiger partial charge in [-0.1, -0.05) is 13.8 Å². The van der Waals surface area contributed by atoms with Crippen LogP contribution in [0.4, 0.5) is 0 Å². The summed E-state index contributed by atoms with van der Waals surface area (Å²) in [6, 6.07) is 0. The Hall–Kier alpha value is -0.830. The average Bonchev–Trinajstić information content (AvgIpc) is 2.51. The number of nitrogens with zero attached hydrogens (tertiary/aromatic N) is 2. The predicted molar refractivity (Wildman–Crippen MR) is 47.9 cm³/mol. The Morgan fingerprint density at radius 1 is 1.67 bits per heavy atom. The smallest absolute Gasteiger partial charge is 0.108 e. The lowest BCUT2D eigenvalue weighted by molar-refractivity contribution is 0.222. The highest BCUT2D eigenvalue weighted by Gasteiger charge is 2.04. The molecule has 0 aliphatic heterocycles. The SMILES string of the molecule is CCc1nccn1CC(C)CO. The van der Waals surface area contributed by atoms with Crippen LogP contribution in [0.2, 0.25) is 0 Å². The molecule has 1 N–H and O–H groups in total. The van der Waals surface area contributed by atoms with Crippen LogP contribution in [0.1, 0.15) is 19.7 Å². The highest BCUT2D eigenvalue weighted by molar-refractivity contribution is 4.91. The molecule has 0 aliphatic carbocycles. The third-order valence-corrected chi connectivity index (χ3v) is 1.94. The van der Waals surface area contributed by atoms with E-state index in [0.717, 1.165) is 18.8 Å². The maximum Gasteiger partial charge on any atom is 0.108 e. The fourth-order valence-electron chi connectivity index (χ4n) is 1.21. The molecule has 0 saturated carbocycles. The molecule has 0 bridgehead atoms. The quantitative estimate of drug-likeness (QED) is 0.730. The summed E-state index contributed by atoms with van der Waals surface area (Å²) in [7, 11) is 0. The van der Waals surface area contributed by atoms with Gasteiger partial charge in [-0.05, 0) is 5.92 Å². The molecule has 1 rings (SSSR count). The minimum atomic E-state index is 0.237. The summed E-state index contributed by atoms with van der Waals surface area (Å²) < 4.78 is 2.10. The van der Waals surface area contributed by atoms with Crippen molar-refractivity contribution in [1.29, 1.82) is 0 Å². The molecular weight excluding hydrogens is 152 g/mol. The van der Waals surface area contributed by atoms with Gasteiger partial charge in [0.25, 0.3) is 0 Å². The van der Waals surface area contributed by atoms with Crippen LogP contribution in [0.15, 0.2) is 12.4 Å². The van der Waals surface area contributed by atoms with Crippen molar-refractivity contribution in [3.05, 3.63) is 18.2 Å². The van der Waals surface area contributed by atoms with Gasteiger partial charge < -0.3 is 9.67 Å². The van der Waals surface area contributed by atoms with Crippen LogP contribution in [0.5, 0.6) is 0 Å². The van der Waals surface area contributed by atoms with E-state index in [2.05, 4.69) is 16.5 Å². The van der Waals surface area contributed by atoms with Crippen LogP contribution >= 0.6 is 0 Å². The zero-order valence-corrected chi connectivity index (χ0v) is 7.70. The number of hydrogen-bond acceptors (Lipinski definition) is 2. The normalized spacial score (nSPS) is 13.2. The molecule has 0 amide bonds. The van der Waals surface area contributed by atoms with E-state index in [9.17, 15) is 0 Å². The van der Waals surface area contributed by atoms with Crippen molar-refractivity contribution < 1.29 is 5.11 Å². The minimum Gasteiger partial charge on any atom is -0.396 e. The molecule has 68 valence electrons. The Morgan fingerprint density at radius 2 is 2.42 bits per heavy atom. The lowest BCUT2D eigenvalue weighted by Crippen LogP contribution is -2.12. The minimum absolute atomic E-state index is 0.237. The summed E-state index contributed by atoms with van der Waals surface area (Å²) in [6.07, 6.45) is 4.72. The average molecular weight is 168 g/mol. The molecule has 0 radical (unpaired) electrons. The van der Waals surface area contributed by atoms with E-state index in [1.807, 2.05) is 19.3 Å². The van der Waals surface area contributed by atoms with Gasteiger partial charge in [-0.15, -0.1) is 0 Å². The highest BCUT2D eigenvalue weighted by Crippen LogP contribution is 2.03. The van der Waals surface area contributed by atoms with E-state index in [4.69, 9.17) is 5.11 Å². The lowest BCUT2D eigenvalue weighted by atomic mass is 10.2. The lowest BCUT2D eigenvalue weighted by Gasteiger charge is -2.10. The van der Waals surface area contributed by atoms with Gasteiger partial charge in [-0.25, -0.2) is 4.98 Å². The van der Waals surface area contributed by atoms with Gasteiger partial charge in [0.1, 0.15) is 5.82 Å². The number of aryl methyl sites for hydroxylation is 1. The first-order valence-corrected chi connectivity index (χ1v) is 4.38. The number of aromatic nitrogens is 2. The topological polar surface area (TPSA) is 38.0 Å². The Labute approximate surface area is 73.1 Å². The molecule has 0 saturated heterocycles. The summed E-state index contributed by atoms with van der Waals surface area (Å²) in [5, 5.41) is 8.86. The molecule has 12 heavy (non-hydrogen) atoms. The van der Waals surface area contributed by atoms with Crippen molar-refractivity contribution in [1.82, 2.24) is 9.55 Å². The van der Waals surface area contributed by atoms with Crippen molar-refractivity contribution in [2.24, 2.45) is 5.92 Å². The van der Waals surface area contributed by atoms with Gasteiger partial charge in [-0.2, -0.15) is 0 Å². The molecule has 0 aliphatic rings. The standard InChI is InChI=1S/C9H16N2O/c1-3-9-10-4-5-11(9)6-8(2)7-12/h4-5,8,12H,3,6-7H2,1-2H3. The highest BCUT2D eigenvalue weighted by atomic mass is 16.3. The summed E-state index contributed by atoms with van der Waals surface area (Å²) in [5.41, 5.74) is 0. The molecule has 1 aromatic heterocycles. The van der Waals surface area contributed by atoms with E-state index >= 15 is 0 Å². The van der Waals surface area contributed by atoms with Crippen LogP contribution in [0.3, 0.4) is 0 Å². The summed E-state index contributed by atoms with van der Waals surface area (Å²) in [6.45, 7) is 5.21. The number of imidazole rings is 1. The van der Waals surface area contributed by atoms with Crippen molar-refractivity contribution in [3.63, 3.8) is 0 Å². The summed E-state index contributed by atoms with van der Waals surface area (Å²) in [4.78, 5) is 4.20. The van der Waals surface area contributed by atoms with Gasteiger partial charge >= 0.3 is 0 Å². The molecule has 0 aromatic carbocycles. The van der Waals surface area contributed by atoms with Crippen molar-refractivity contribution in [3.8, 4) is 0 Å². The van der Waals surface area contributed by atoms with Crippen LogP contribution in [0, 0.1) is 5.92 Å². The van der Waals surface area contributed by atoms with Gasteiger partial charge in [0, 0.05) is 32.0 Å². The van der Waals surface area contributed by atoms with Crippen LogP contribution < -0.4 is 0 Å². The Morgan fingerprint density at radius 3 is 3.00 bits per heavy atom. The maximum absolute atomic E-state index is 8.86. The van der Waals surface area contributed by atoms with E-state index in [0.29, 0.717) is 5.92 Å².